The van der Waals surface area contributed by atoms with Crippen molar-refractivity contribution in [2.75, 3.05) is 31.1 Å². The smallest absolute Gasteiger partial charge is 0.125 e. The van der Waals surface area contributed by atoms with Crippen LogP contribution < -0.4 is 4.90 Å². The van der Waals surface area contributed by atoms with E-state index in [4.69, 9.17) is 0 Å². The number of piperazine rings is 1. The average molecular weight is 299 g/mol. The van der Waals surface area contributed by atoms with E-state index >= 15 is 0 Å². The van der Waals surface area contributed by atoms with E-state index in [1.165, 1.54) is 25.5 Å². The summed E-state index contributed by atoms with van der Waals surface area (Å²) in [6.45, 7) is 4.37. The van der Waals surface area contributed by atoms with Crippen molar-refractivity contribution in [3.05, 3.63) is 28.5 Å². The summed E-state index contributed by atoms with van der Waals surface area (Å²) in [6.07, 6.45) is 2.59. The molecule has 4 heteroatoms. The maximum Gasteiger partial charge on any atom is 0.125 e. The van der Waals surface area contributed by atoms with Crippen LogP contribution in [0.2, 0.25) is 0 Å². The van der Waals surface area contributed by atoms with Crippen molar-refractivity contribution in [1.82, 2.24) is 4.90 Å². The fourth-order valence-corrected chi connectivity index (χ4v) is 3.44. The average Bonchev–Trinajstić information content (AvgIpc) is 2.79. The van der Waals surface area contributed by atoms with Crippen LogP contribution in [0.4, 0.5) is 10.1 Å². The summed E-state index contributed by atoms with van der Waals surface area (Å²) in [5, 5.41) is 0. The van der Waals surface area contributed by atoms with Gasteiger partial charge in [-0.15, -0.1) is 0 Å². The summed E-state index contributed by atoms with van der Waals surface area (Å²) in [5.41, 5.74) is 0.997. The predicted molar refractivity (Wildman–Crippen MR) is 70.9 cm³/mol. The lowest BCUT2D eigenvalue weighted by molar-refractivity contribution is 0.231. The Hall–Kier alpha value is -0.610. The number of nitrogens with zero attached hydrogens (tertiary/aromatic N) is 2. The first-order valence-corrected chi connectivity index (χ1v) is 6.97. The normalized spacial score (nSPS) is 25.1. The van der Waals surface area contributed by atoms with Crippen LogP contribution in [0.25, 0.3) is 0 Å². The molecule has 2 aliphatic heterocycles. The Balaban J connectivity index is 1.82. The number of hydrogen-bond donors (Lipinski definition) is 0. The van der Waals surface area contributed by atoms with Gasteiger partial charge in [-0.25, -0.2) is 4.39 Å². The Morgan fingerprint density at radius 1 is 1.24 bits per heavy atom. The van der Waals surface area contributed by atoms with E-state index in [2.05, 4.69) is 25.7 Å². The van der Waals surface area contributed by atoms with Crippen molar-refractivity contribution in [2.45, 2.75) is 18.9 Å². The molecule has 3 rings (SSSR count). The summed E-state index contributed by atoms with van der Waals surface area (Å²) >= 11 is 3.52. The maximum absolute atomic E-state index is 13.3. The third-order valence-corrected chi connectivity index (χ3v) is 4.51. The van der Waals surface area contributed by atoms with Gasteiger partial charge in [-0.1, -0.05) is 0 Å². The molecule has 2 heterocycles. The van der Waals surface area contributed by atoms with Crippen LogP contribution in [0, 0.1) is 5.82 Å². The van der Waals surface area contributed by atoms with Crippen LogP contribution in [0.1, 0.15) is 12.8 Å². The molecule has 0 N–H and O–H groups in total. The standard InChI is InChI=1S/C13H16BrFN2/c14-12-4-3-10(15)8-13(12)17-7-6-16-5-1-2-11(16)9-17/h3-4,8,11H,1-2,5-7,9H2. The molecule has 0 amide bonds. The molecule has 2 aliphatic rings. The molecule has 1 aromatic rings. The van der Waals surface area contributed by atoms with Gasteiger partial charge in [0.2, 0.25) is 0 Å². The predicted octanol–water partition coefficient (Wildman–Crippen LogP) is 2.87. The molecule has 1 aromatic carbocycles. The van der Waals surface area contributed by atoms with E-state index in [-0.39, 0.29) is 5.82 Å². The van der Waals surface area contributed by atoms with Crippen molar-refractivity contribution in [2.24, 2.45) is 0 Å². The SMILES string of the molecule is Fc1ccc(Br)c(N2CCN3CCCC3C2)c1. The molecule has 92 valence electrons. The number of rotatable bonds is 1. The van der Waals surface area contributed by atoms with Crippen LogP contribution in [0.3, 0.4) is 0 Å². The van der Waals surface area contributed by atoms with Gasteiger partial charge in [0.15, 0.2) is 0 Å². The van der Waals surface area contributed by atoms with E-state index in [0.717, 1.165) is 29.8 Å². The second-order valence-electron chi connectivity index (χ2n) is 4.87. The second kappa shape index (κ2) is 4.58. The molecule has 0 radical (unpaired) electrons. The lowest BCUT2D eigenvalue weighted by Gasteiger charge is -2.39. The monoisotopic (exact) mass is 298 g/mol. The van der Waals surface area contributed by atoms with E-state index in [0.29, 0.717) is 6.04 Å². The van der Waals surface area contributed by atoms with Crippen LogP contribution >= 0.6 is 15.9 Å². The van der Waals surface area contributed by atoms with Crippen molar-refractivity contribution in [3.63, 3.8) is 0 Å². The first-order chi connectivity index (χ1) is 8.24. The van der Waals surface area contributed by atoms with Gasteiger partial charge in [-0.05, 0) is 53.5 Å². The quantitative estimate of drug-likeness (QED) is 0.787. The van der Waals surface area contributed by atoms with Crippen LogP contribution in [0.15, 0.2) is 22.7 Å². The van der Waals surface area contributed by atoms with E-state index in [9.17, 15) is 4.39 Å². The molecule has 0 bridgehead atoms. The van der Waals surface area contributed by atoms with Gasteiger partial charge in [0, 0.05) is 30.1 Å². The Morgan fingerprint density at radius 3 is 3.00 bits per heavy atom. The van der Waals surface area contributed by atoms with Gasteiger partial charge >= 0.3 is 0 Å². The molecule has 0 saturated carbocycles. The maximum atomic E-state index is 13.3. The summed E-state index contributed by atoms with van der Waals surface area (Å²) in [7, 11) is 0. The van der Waals surface area contributed by atoms with Crippen molar-refractivity contribution < 1.29 is 4.39 Å². The number of anilines is 1. The second-order valence-corrected chi connectivity index (χ2v) is 5.73. The van der Waals surface area contributed by atoms with E-state index < -0.39 is 0 Å². The summed E-state index contributed by atoms with van der Waals surface area (Å²) in [4.78, 5) is 4.86. The minimum Gasteiger partial charge on any atom is -0.368 e. The Kier molecular flexibility index (Phi) is 3.09. The first kappa shape index (κ1) is 11.5. The minimum absolute atomic E-state index is 0.156. The molecular formula is C13H16BrFN2. The zero-order chi connectivity index (χ0) is 11.8. The largest absolute Gasteiger partial charge is 0.368 e. The third kappa shape index (κ3) is 2.20. The topological polar surface area (TPSA) is 6.48 Å². The number of hydrogen-bond acceptors (Lipinski definition) is 2. The van der Waals surface area contributed by atoms with Gasteiger partial charge in [-0.2, -0.15) is 0 Å². The van der Waals surface area contributed by atoms with E-state index in [1.807, 2.05) is 0 Å². The van der Waals surface area contributed by atoms with Crippen molar-refractivity contribution in [3.8, 4) is 0 Å². The zero-order valence-corrected chi connectivity index (χ0v) is 11.3. The molecule has 17 heavy (non-hydrogen) atoms. The molecule has 2 fully saturated rings. The van der Waals surface area contributed by atoms with Crippen molar-refractivity contribution in [1.29, 1.82) is 0 Å². The molecule has 2 saturated heterocycles. The Morgan fingerprint density at radius 2 is 2.12 bits per heavy atom. The fraction of sp³-hybridized carbons (Fsp3) is 0.538. The molecular weight excluding hydrogens is 283 g/mol. The third-order valence-electron chi connectivity index (χ3n) is 3.84. The van der Waals surface area contributed by atoms with Gasteiger partial charge in [0.05, 0.1) is 5.69 Å². The molecule has 1 atom stereocenters. The lowest BCUT2D eigenvalue weighted by atomic mass is 10.1. The molecule has 0 spiro atoms. The van der Waals surface area contributed by atoms with E-state index in [1.54, 1.807) is 12.1 Å². The molecule has 0 aromatic heterocycles. The Bertz CT molecular complexity index is 424. The lowest BCUT2D eigenvalue weighted by Crippen LogP contribution is -2.50. The molecule has 0 aliphatic carbocycles. The Labute approximate surface area is 110 Å². The van der Waals surface area contributed by atoms with Crippen LogP contribution in [-0.2, 0) is 0 Å². The number of benzene rings is 1. The number of fused-ring (bicyclic) bond motifs is 1. The highest BCUT2D eigenvalue weighted by Gasteiger charge is 2.31. The molecule has 1 unspecified atom stereocenters. The van der Waals surface area contributed by atoms with Crippen molar-refractivity contribution >= 4 is 21.6 Å². The summed E-state index contributed by atoms with van der Waals surface area (Å²) in [5.74, 6) is -0.156. The zero-order valence-electron chi connectivity index (χ0n) is 9.70. The van der Waals surface area contributed by atoms with Gasteiger partial charge in [-0.3, -0.25) is 4.90 Å². The summed E-state index contributed by atoms with van der Waals surface area (Å²) < 4.78 is 14.3. The van der Waals surface area contributed by atoms with Gasteiger partial charge in [0.1, 0.15) is 5.82 Å². The van der Waals surface area contributed by atoms with Crippen LogP contribution in [-0.4, -0.2) is 37.1 Å². The van der Waals surface area contributed by atoms with Crippen LogP contribution in [0.5, 0.6) is 0 Å². The first-order valence-electron chi connectivity index (χ1n) is 6.18. The minimum atomic E-state index is -0.156. The molecule has 2 nitrogen and oxygen atoms in total. The van der Waals surface area contributed by atoms with Gasteiger partial charge < -0.3 is 4.90 Å². The number of halogens is 2. The highest BCUT2D eigenvalue weighted by atomic mass is 79.9. The fourth-order valence-electron chi connectivity index (χ4n) is 2.94. The van der Waals surface area contributed by atoms with Gasteiger partial charge in [0.25, 0.3) is 0 Å². The summed E-state index contributed by atoms with van der Waals surface area (Å²) in [6, 6.07) is 5.60. The highest BCUT2D eigenvalue weighted by Crippen LogP contribution is 2.31. The highest BCUT2D eigenvalue weighted by molar-refractivity contribution is 9.10.